The van der Waals surface area contributed by atoms with Gasteiger partial charge in [-0.3, -0.25) is 0 Å². The summed E-state index contributed by atoms with van der Waals surface area (Å²) >= 11 is 0. The van der Waals surface area contributed by atoms with Crippen molar-refractivity contribution < 1.29 is 19.7 Å². The maximum Gasteiger partial charge on any atom is 0.335 e. The Morgan fingerprint density at radius 2 is 1.67 bits per heavy atom. The molecule has 0 atom stereocenters. The lowest BCUT2D eigenvalue weighted by atomic mass is 10.0. The van der Waals surface area contributed by atoms with E-state index in [0.29, 0.717) is 5.75 Å². The number of rotatable bonds is 3. The van der Waals surface area contributed by atoms with E-state index < -0.39 is 5.97 Å². The predicted octanol–water partition coefficient (Wildman–Crippen LogP) is 2.77. The van der Waals surface area contributed by atoms with Crippen LogP contribution in [0.15, 0.2) is 42.5 Å². The van der Waals surface area contributed by atoms with Crippen molar-refractivity contribution in [2.45, 2.75) is 0 Å². The number of aromatic carboxylic acids is 1. The molecule has 0 aliphatic carbocycles. The fraction of sp³-hybridized carbons (Fsp3) is 0.0714. The van der Waals surface area contributed by atoms with Crippen LogP contribution in [0.4, 0.5) is 0 Å². The number of carboxylic acid groups (broad SMARTS) is 1. The van der Waals surface area contributed by atoms with Crippen LogP contribution in [0, 0.1) is 0 Å². The SMILES string of the molecule is COc1cc(-c2ccc(C(=O)O)cc2)ccc1O. The number of carboxylic acids is 1. The highest BCUT2D eigenvalue weighted by atomic mass is 16.5. The first-order valence-corrected chi connectivity index (χ1v) is 5.32. The van der Waals surface area contributed by atoms with Crippen molar-refractivity contribution in [1.29, 1.82) is 0 Å². The van der Waals surface area contributed by atoms with E-state index in [1.165, 1.54) is 19.2 Å². The van der Waals surface area contributed by atoms with Gasteiger partial charge in [0, 0.05) is 0 Å². The number of benzene rings is 2. The Morgan fingerprint density at radius 3 is 2.22 bits per heavy atom. The smallest absolute Gasteiger partial charge is 0.335 e. The summed E-state index contributed by atoms with van der Waals surface area (Å²) in [5.74, 6) is -0.497. The lowest BCUT2D eigenvalue weighted by molar-refractivity contribution is 0.0697. The van der Waals surface area contributed by atoms with Crippen molar-refractivity contribution >= 4 is 5.97 Å². The van der Waals surface area contributed by atoms with E-state index in [1.807, 2.05) is 0 Å². The lowest BCUT2D eigenvalue weighted by Gasteiger charge is -2.07. The van der Waals surface area contributed by atoms with E-state index in [0.717, 1.165) is 11.1 Å². The average molecular weight is 244 g/mol. The summed E-state index contributed by atoms with van der Waals surface area (Å²) in [6, 6.07) is 11.5. The summed E-state index contributed by atoms with van der Waals surface area (Å²) in [6.07, 6.45) is 0. The van der Waals surface area contributed by atoms with E-state index in [1.54, 1.807) is 30.3 Å². The van der Waals surface area contributed by atoms with Gasteiger partial charge in [-0.15, -0.1) is 0 Å². The fourth-order valence-electron chi connectivity index (χ4n) is 1.66. The largest absolute Gasteiger partial charge is 0.504 e. The Morgan fingerprint density at radius 1 is 1.06 bits per heavy atom. The molecule has 4 heteroatoms. The zero-order chi connectivity index (χ0) is 13.1. The molecule has 0 aliphatic rings. The molecule has 0 aromatic heterocycles. The van der Waals surface area contributed by atoms with Gasteiger partial charge in [-0.2, -0.15) is 0 Å². The molecular formula is C14H12O4. The zero-order valence-corrected chi connectivity index (χ0v) is 9.75. The average Bonchev–Trinajstić information content (AvgIpc) is 2.39. The number of phenolic OH excluding ortho intramolecular Hbond substituents is 1. The number of ether oxygens (including phenoxy) is 1. The molecule has 0 saturated heterocycles. The molecule has 2 rings (SSSR count). The molecule has 0 amide bonds. The lowest BCUT2D eigenvalue weighted by Crippen LogP contribution is -1.95. The molecule has 92 valence electrons. The minimum absolute atomic E-state index is 0.0726. The van der Waals surface area contributed by atoms with Gasteiger partial charge >= 0.3 is 5.97 Å². The predicted molar refractivity (Wildman–Crippen MR) is 67.1 cm³/mol. The van der Waals surface area contributed by atoms with Gasteiger partial charge in [-0.05, 0) is 35.4 Å². The van der Waals surface area contributed by atoms with Gasteiger partial charge in [0.25, 0.3) is 0 Å². The fourth-order valence-corrected chi connectivity index (χ4v) is 1.66. The van der Waals surface area contributed by atoms with Crippen LogP contribution in [-0.2, 0) is 0 Å². The summed E-state index contributed by atoms with van der Waals surface area (Å²) < 4.78 is 5.02. The summed E-state index contributed by atoms with van der Waals surface area (Å²) in [6.45, 7) is 0. The van der Waals surface area contributed by atoms with Gasteiger partial charge < -0.3 is 14.9 Å². The standard InChI is InChI=1S/C14H12O4/c1-18-13-8-11(6-7-12(13)15)9-2-4-10(5-3-9)14(16)17/h2-8,15H,1H3,(H,16,17). The van der Waals surface area contributed by atoms with Gasteiger partial charge in [-0.25, -0.2) is 4.79 Å². The van der Waals surface area contributed by atoms with Crippen LogP contribution in [0.3, 0.4) is 0 Å². The molecule has 2 aromatic carbocycles. The third-order valence-corrected chi connectivity index (χ3v) is 2.64. The third kappa shape index (κ3) is 2.27. The maximum absolute atomic E-state index is 10.7. The van der Waals surface area contributed by atoms with Gasteiger partial charge in [0.2, 0.25) is 0 Å². The molecule has 0 fully saturated rings. The highest BCUT2D eigenvalue weighted by molar-refractivity contribution is 5.88. The molecule has 0 bridgehead atoms. The highest BCUT2D eigenvalue weighted by Gasteiger charge is 2.06. The van der Waals surface area contributed by atoms with Gasteiger partial charge in [0.15, 0.2) is 11.5 Å². The van der Waals surface area contributed by atoms with Crippen molar-refractivity contribution in [1.82, 2.24) is 0 Å². The Kier molecular flexibility index (Phi) is 3.19. The first-order chi connectivity index (χ1) is 8.61. The van der Waals surface area contributed by atoms with Crippen LogP contribution >= 0.6 is 0 Å². The number of hydrogen-bond acceptors (Lipinski definition) is 3. The van der Waals surface area contributed by atoms with Gasteiger partial charge in [-0.1, -0.05) is 18.2 Å². The van der Waals surface area contributed by atoms with Crippen LogP contribution in [0.1, 0.15) is 10.4 Å². The minimum atomic E-state index is -0.954. The van der Waals surface area contributed by atoms with Crippen molar-refractivity contribution in [3.05, 3.63) is 48.0 Å². The highest BCUT2D eigenvalue weighted by Crippen LogP contribution is 2.31. The Bertz CT molecular complexity index is 573. The quantitative estimate of drug-likeness (QED) is 0.871. The summed E-state index contributed by atoms with van der Waals surface area (Å²) in [7, 11) is 1.48. The first-order valence-electron chi connectivity index (χ1n) is 5.32. The Hall–Kier alpha value is -2.49. The third-order valence-electron chi connectivity index (χ3n) is 2.64. The Labute approximate surface area is 104 Å². The molecule has 2 aromatic rings. The molecular weight excluding hydrogens is 232 g/mol. The number of phenols is 1. The molecule has 0 saturated carbocycles. The first kappa shape index (κ1) is 12.0. The number of methoxy groups -OCH3 is 1. The second kappa shape index (κ2) is 4.79. The van der Waals surface area contributed by atoms with Gasteiger partial charge in [0.05, 0.1) is 12.7 Å². The van der Waals surface area contributed by atoms with E-state index in [4.69, 9.17) is 9.84 Å². The molecule has 18 heavy (non-hydrogen) atoms. The van der Waals surface area contributed by atoms with Crippen molar-refractivity contribution in [2.24, 2.45) is 0 Å². The second-order valence-corrected chi connectivity index (χ2v) is 3.77. The van der Waals surface area contributed by atoms with E-state index in [-0.39, 0.29) is 11.3 Å². The summed E-state index contributed by atoms with van der Waals surface area (Å²) in [5.41, 5.74) is 1.95. The van der Waals surface area contributed by atoms with Crippen LogP contribution in [-0.4, -0.2) is 23.3 Å². The molecule has 2 N–H and O–H groups in total. The van der Waals surface area contributed by atoms with Crippen LogP contribution in [0.25, 0.3) is 11.1 Å². The summed E-state index contributed by atoms with van der Waals surface area (Å²) in [4.78, 5) is 10.7. The van der Waals surface area contributed by atoms with Crippen LogP contribution in [0.5, 0.6) is 11.5 Å². The maximum atomic E-state index is 10.7. The number of carbonyl (C=O) groups is 1. The number of hydrogen-bond donors (Lipinski definition) is 2. The molecule has 0 spiro atoms. The molecule has 4 nitrogen and oxygen atoms in total. The topological polar surface area (TPSA) is 66.8 Å². The van der Waals surface area contributed by atoms with E-state index in [9.17, 15) is 9.90 Å². The normalized spacial score (nSPS) is 10.1. The van der Waals surface area contributed by atoms with Crippen molar-refractivity contribution in [3.63, 3.8) is 0 Å². The van der Waals surface area contributed by atoms with Crippen LogP contribution < -0.4 is 4.74 Å². The zero-order valence-electron chi connectivity index (χ0n) is 9.75. The van der Waals surface area contributed by atoms with Crippen molar-refractivity contribution in [2.75, 3.05) is 7.11 Å². The van der Waals surface area contributed by atoms with Crippen LogP contribution in [0.2, 0.25) is 0 Å². The number of aromatic hydroxyl groups is 1. The van der Waals surface area contributed by atoms with Crippen molar-refractivity contribution in [3.8, 4) is 22.6 Å². The molecule has 0 aliphatic heterocycles. The second-order valence-electron chi connectivity index (χ2n) is 3.77. The van der Waals surface area contributed by atoms with Gasteiger partial charge in [0.1, 0.15) is 0 Å². The molecule has 0 radical (unpaired) electrons. The minimum Gasteiger partial charge on any atom is -0.504 e. The summed E-state index contributed by atoms with van der Waals surface area (Å²) in [5, 5.41) is 18.3. The molecule has 0 unspecified atom stereocenters. The molecule has 0 heterocycles. The Balaban J connectivity index is 2.39. The van der Waals surface area contributed by atoms with E-state index in [2.05, 4.69) is 0 Å². The van der Waals surface area contributed by atoms with E-state index >= 15 is 0 Å². The monoisotopic (exact) mass is 244 g/mol.